The summed E-state index contributed by atoms with van der Waals surface area (Å²) in [5.74, 6) is -3.42. The molecule has 2 aromatic rings. The number of carboxylic acid groups (broad SMARTS) is 1. The van der Waals surface area contributed by atoms with Crippen LogP contribution in [0.2, 0.25) is 0 Å². The topological polar surface area (TPSA) is 74.6 Å². The molecule has 0 saturated carbocycles. The maximum atomic E-state index is 15.1. The van der Waals surface area contributed by atoms with E-state index in [4.69, 9.17) is 11.5 Å². The van der Waals surface area contributed by atoms with E-state index in [-0.39, 0.29) is 17.2 Å². The van der Waals surface area contributed by atoms with Crippen LogP contribution in [0.3, 0.4) is 0 Å². The Labute approximate surface area is 141 Å². The lowest BCUT2D eigenvalue weighted by Crippen LogP contribution is -2.49. The Bertz CT molecular complexity index is 978. The number of hydrogen-bond donors (Lipinski definition) is 2. The van der Waals surface area contributed by atoms with E-state index in [0.717, 1.165) is 16.8 Å². The number of nitrogens with one attached hydrogen (secondary N) is 1. The summed E-state index contributed by atoms with van der Waals surface area (Å²) in [5.41, 5.74) is -2.20. The molecule has 2 heterocycles. The summed E-state index contributed by atoms with van der Waals surface area (Å²) >= 11 is 0. The second-order valence-electron chi connectivity index (χ2n) is 5.89. The first-order chi connectivity index (χ1) is 11.8. The molecule has 1 aromatic carbocycles. The van der Waals surface area contributed by atoms with Gasteiger partial charge in [-0.05, 0) is 13.0 Å². The summed E-state index contributed by atoms with van der Waals surface area (Å²) in [6, 6.07) is 3.00. The van der Waals surface area contributed by atoms with Crippen LogP contribution in [0.5, 0.6) is 0 Å². The molecular weight excluding hydrogens is 332 g/mol. The summed E-state index contributed by atoms with van der Waals surface area (Å²) in [6.45, 7) is 3.21. The predicted octanol–water partition coefficient (Wildman–Crippen LogP) is 1.21. The molecular formula is C17H15F2N3O3. The maximum absolute atomic E-state index is 15.1. The minimum atomic E-state index is -1.52. The lowest BCUT2D eigenvalue weighted by atomic mass is 10.1. The number of aromatic carboxylic acids is 1. The minimum Gasteiger partial charge on any atom is -0.477 e. The number of pyridine rings is 1. The molecule has 1 aliphatic heterocycles. The molecule has 25 heavy (non-hydrogen) atoms. The molecule has 0 spiro atoms. The first-order valence-corrected chi connectivity index (χ1v) is 7.60. The molecule has 3 rings (SSSR count). The molecule has 130 valence electrons. The third-order valence-corrected chi connectivity index (χ3v) is 4.21. The van der Waals surface area contributed by atoms with Crippen LogP contribution in [-0.4, -0.2) is 41.3 Å². The highest BCUT2D eigenvalue weighted by Crippen LogP contribution is 2.30. The number of carboxylic acids is 1. The van der Waals surface area contributed by atoms with Crippen LogP contribution in [-0.2, 0) is 0 Å². The second kappa shape index (κ2) is 6.18. The van der Waals surface area contributed by atoms with Crippen molar-refractivity contribution >= 4 is 22.6 Å². The number of terminal acetylenes is 1. The normalized spacial score (nSPS) is 17.5. The van der Waals surface area contributed by atoms with Gasteiger partial charge in [-0.1, -0.05) is 6.42 Å². The summed E-state index contributed by atoms with van der Waals surface area (Å²) in [5, 5.41) is 11.9. The number of fused-ring (bicyclic) bond motifs is 1. The fraction of sp³-hybridized carbons (Fsp3) is 0.294. The number of aromatic nitrogens is 1. The van der Waals surface area contributed by atoms with Crippen LogP contribution in [0.15, 0.2) is 17.1 Å². The number of piperazine rings is 1. The van der Waals surface area contributed by atoms with Gasteiger partial charge >= 0.3 is 5.97 Å². The molecule has 1 aromatic heterocycles. The molecule has 8 heteroatoms. The SMILES string of the molecule is C#Cn1cc(C(=O)O)c(=O)c2cc(F)c(N3CCNC(C)C3)c(F)c21. The van der Waals surface area contributed by atoms with E-state index in [2.05, 4.69) is 11.4 Å². The monoisotopic (exact) mass is 347 g/mol. The highest BCUT2D eigenvalue weighted by atomic mass is 19.1. The van der Waals surface area contributed by atoms with Gasteiger partial charge in [-0.3, -0.25) is 9.36 Å². The Morgan fingerprint density at radius 3 is 2.80 bits per heavy atom. The Kier molecular flexibility index (Phi) is 4.18. The van der Waals surface area contributed by atoms with E-state index in [0.29, 0.717) is 19.6 Å². The van der Waals surface area contributed by atoms with Crippen LogP contribution >= 0.6 is 0 Å². The molecule has 1 fully saturated rings. The largest absolute Gasteiger partial charge is 0.477 e. The summed E-state index contributed by atoms with van der Waals surface area (Å²) in [7, 11) is 0. The molecule has 6 nitrogen and oxygen atoms in total. The van der Waals surface area contributed by atoms with Crippen molar-refractivity contribution in [1.29, 1.82) is 0 Å². The Hall–Kier alpha value is -2.92. The maximum Gasteiger partial charge on any atom is 0.341 e. The zero-order valence-corrected chi connectivity index (χ0v) is 13.3. The van der Waals surface area contributed by atoms with Crippen LogP contribution in [0, 0.1) is 24.1 Å². The van der Waals surface area contributed by atoms with Gasteiger partial charge in [0.2, 0.25) is 5.43 Å². The lowest BCUT2D eigenvalue weighted by Gasteiger charge is -2.34. The van der Waals surface area contributed by atoms with Crippen molar-refractivity contribution in [3.05, 3.63) is 39.7 Å². The highest BCUT2D eigenvalue weighted by Gasteiger charge is 2.27. The number of benzene rings is 1. The van der Waals surface area contributed by atoms with Gasteiger partial charge in [0.05, 0.1) is 5.39 Å². The van der Waals surface area contributed by atoms with Gasteiger partial charge in [0, 0.05) is 37.9 Å². The Morgan fingerprint density at radius 2 is 2.20 bits per heavy atom. The van der Waals surface area contributed by atoms with Crippen molar-refractivity contribution in [3.63, 3.8) is 0 Å². The van der Waals surface area contributed by atoms with E-state index in [9.17, 15) is 14.0 Å². The summed E-state index contributed by atoms with van der Waals surface area (Å²) < 4.78 is 30.6. The molecule has 0 radical (unpaired) electrons. The fourth-order valence-electron chi connectivity index (χ4n) is 3.08. The van der Waals surface area contributed by atoms with Crippen LogP contribution in [0.4, 0.5) is 14.5 Å². The van der Waals surface area contributed by atoms with E-state index in [1.807, 2.05) is 6.92 Å². The third kappa shape index (κ3) is 2.72. The van der Waals surface area contributed by atoms with Gasteiger partial charge in [-0.25, -0.2) is 13.6 Å². The summed E-state index contributed by atoms with van der Waals surface area (Å²) in [4.78, 5) is 25.0. The van der Waals surface area contributed by atoms with E-state index >= 15 is 4.39 Å². The highest BCUT2D eigenvalue weighted by molar-refractivity contribution is 5.94. The molecule has 1 aliphatic rings. The van der Waals surface area contributed by atoms with Crippen molar-refractivity contribution in [2.24, 2.45) is 0 Å². The minimum absolute atomic E-state index is 0.0347. The standard InChI is InChI=1S/C17H15F2N3O3/c1-3-21-8-11(17(24)25)16(23)10-6-12(18)15(13(19)14(10)21)22-5-4-20-9(2)7-22/h1,6,8-9,20H,4-5,7H2,2H3,(H,24,25). The van der Waals surface area contributed by atoms with Crippen LogP contribution in [0.1, 0.15) is 17.3 Å². The molecule has 0 aliphatic carbocycles. The van der Waals surface area contributed by atoms with Gasteiger partial charge in [0.25, 0.3) is 0 Å². The summed E-state index contributed by atoms with van der Waals surface area (Å²) in [6.07, 6.45) is 6.20. The number of anilines is 1. The molecule has 1 atom stereocenters. The van der Waals surface area contributed by atoms with E-state index in [1.165, 1.54) is 0 Å². The smallest absolute Gasteiger partial charge is 0.341 e. The lowest BCUT2D eigenvalue weighted by molar-refractivity contribution is 0.0695. The zero-order chi connectivity index (χ0) is 18.3. The molecule has 0 bridgehead atoms. The third-order valence-electron chi connectivity index (χ3n) is 4.21. The average Bonchev–Trinajstić information content (AvgIpc) is 2.55. The number of rotatable bonds is 2. The van der Waals surface area contributed by atoms with E-state index < -0.39 is 34.0 Å². The van der Waals surface area contributed by atoms with Crippen molar-refractivity contribution in [2.45, 2.75) is 13.0 Å². The molecule has 2 N–H and O–H groups in total. The Balaban J connectivity index is 2.33. The quantitative estimate of drug-likeness (QED) is 0.799. The first kappa shape index (κ1) is 16.9. The van der Waals surface area contributed by atoms with Crippen LogP contribution < -0.4 is 15.6 Å². The van der Waals surface area contributed by atoms with Crippen molar-refractivity contribution in [2.75, 3.05) is 24.5 Å². The van der Waals surface area contributed by atoms with Crippen molar-refractivity contribution in [3.8, 4) is 12.5 Å². The van der Waals surface area contributed by atoms with E-state index in [1.54, 1.807) is 4.90 Å². The number of nitrogens with zero attached hydrogens (tertiary/aromatic N) is 2. The number of carbonyl (C=O) groups is 1. The van der Waals surface area contributed by atoms with Crippen LogP contribution in [0.25, 0.3) is 10.9 Å². The van der Waals surface area contributed by atoms with Gasteiger partial charge in [0.1, 0.15) is 22.6 Å². The van der Waals surface area contributed by atoms with Crippen molar-refractivity contribution in [1.82, 2.24) is 9.88 Å². The molecule has 1 unspecified atom stereocenters. The second-order valence-corrected chi connectivity index (χ2v) is 5.89. The molecule has 1 saturated heterocycles. The first-order valence-electron chi connectivity index (χ1n) is 7.60. The zero-order valence-electron chi connectivity index (χ0n) is 13.3. The average molecular weight is 347 g/mol. The van der Waals surface area contributed by atoms with Gasteiger partial charge < -0.3 is 15.3 Å². The van der Waals surface area contributed by atoms with Gasteiger partial charge in [-0.15, -0.1) is 0 Å². The molecule has 0 amide bonds. The number of halogens is 2. The van der Waals surface area contributed by atoms with Gasteiger partial charge in [-0.2, -0.15) is 0 Å². The number of hydrogen-bond acceptors (Lipinski definition) is 4. The van der Waals surface area contributed by atoms with Crippen molar-refractivity contribution < 1.29 is 18.7 Å². The Morgan fingerprint density at radius 1 is 1.48 bits per heavy atom. The fourth-order valence-corrected chi connectivity index (χ4v) is 3.08. The predicted molar refractivity (Wildman–Crippen MR) is 89.0 cm³/mol. The van der Waals surface area contributed by atoms with Gasteiger partial charge in [0.15, 0.2) is 5.82 Å².